The van der Waals surface area contributed by atoms with Crippen molar-refractivity contribution in [2.45, 2.75) is 26.8 Å². The minimum absolute atomic E-state index is 0.0247. The van der Waals surface area contributed by atoms with Gasteiger partial charge < -0.3 is 16.0 Å². The number of primary amides is 1. The van der Waals surface area contributed by atoms with Crippen molar-refractivity contribution >= 4 is 51.9 Å². The molecule has 0 fully saturated rings. The number of aliphatic imine (C=N–C) groups is 1. The Bertz CT molecular complexity index is 1620. The number of carbonyl (C=O) groups excluding carboxylic acids is 2. The van der Waals surface area contributed by atoms with E-state index in [4.69, 9.17) is 17.3 Å². The fourth-order valence-corrected chi connectivity index (χ4v) is 4.31. The summed E-state index contributed by atoms with van der Waals surface area (Å²) < 4.78 is 14.5. The van der Waals surface area contributed by atoms with Crippen LogP contribution in [0.1, 0.15) is 34.0 Å². The highest BCUT2D eigenvalue weighted by molar-refractivity contribution is 6.35. The number of hydrogen-bond donors (Lipinski definition) is 3. The first-order chi connectivity index (χ1) is 17.7. The standard InChI is InChI=1S/C28H25ClFN5O2/c1-4-17(28(37)35-13-19-10-21-23(29)14-33-25(21)11-24(19)30)9-20(32-3)7-16-6-18-5-15(2)12-34-26(18)22(8-16)27(31)36/h4-6,8-12,14,33H,3,7,13H2,1-2H3,(H2,31,36)(H,35,37)/b17-4+,20-9-. The number of rotatable bonds is 8. The minimum Gasteiger partial charge on any atom is -0.366 e. The molecule has 4 aromatic rings. The van der Waals surface area contributed by atoms with Gasteiger partial charge in [-0.1, -0.05) is 17.7 Å². The van der Waals surface area contributed by atoms with Gasteiger partial charge in [-0.05, 0) is 68.1 Å². The Morgan fingerprint density at radius 2 is 2.05 bits per heavy atom. The van der Waals surface area contributed by atoms with Gasteiger partial charge >= 0.3 is 0 Å². The predicted octanol–water partition coefficient (Wildman–Crippen LogP) is 5.31. The third kappa shape index (κ3) is 5.59. The number of hydrogen-bond acceptors (Lipinski definition) is 4. The number of aryl methyl sites for hydroxylation is 1. The maximum absolute atomic E-state index is 14.5. The van der Waals surface area contributed by atoms with E-state index in [-0.39, 0.29) is 6.54 Å². The first-order valence-electron chi connectivity index (χ1n) is 11.5. The van der Waals surface area contributed by atoms with Crippen LogP contribution < -0.4 is 11.1 Å². The second-order valence-corrected chi connectivity index (χ2v) is 9.02. The maximum atomic E-state index is 14.5. The van der Waals surface area contributed by atoms with Crippen LogP contribution in [0.15, 0.2) is 71.1 Å². The fraction of sp³-hybridized carbons (Fsp3) is 0.143. The summed E-state index contributed by atoms with van der Waals surface area (Å²) in [5, 5.41) is 4.66. The third-order valence-corrected chi connectivity index (χ3v) is 6.28. The van der Waals surface area contributed by atoms with Gasteiger partial charge in [-0.25, -0.2) is 4.39 Å². The predicted molar refractivity (Wildman–Crippen MR) is 145 cm³/mol. The SMILES string of the molecule is C=N/C(=C\C(=C/C)C(=O)NCc1cc2c(Cl)c[nH]c2cc1F)Cc1cc(C(N)=O)c2ncc(C)cc2c1. The molecular formula is C28H25ClFN5O2. The topological polar surface area (TPSA) is 113 Å². The van der Waals surface area contributed by atoms with E-state index in [0.717, 1.165) is 16.5 Å². The summed E-state index contributed by atoms with van der Waals surface area (Å²) >= 11 is 6.14. The lowest BCUT2D eigenvalue weighted by Gasteiger charge is -2.10. The second kappa shape index (κ2) is 10.8. The van der Waals surface area contributed by atoms with Crippen molar-refractivity contribution in [2.75, 3.05) is 0 Å². The molecule has 0 aliphatic heterocycles. The van der Waals surface area contributed by atoms with Crippen molar-refractivity contribution in [2.24, 2.45) is 10.7 Å². The molecule has 4 rings (SSSR count). The number of allylic oxidation sites excluding steroid dienone is 2. The molecule has 0 aliphatic rings. The maximum Gasteiger partial charge on any atom is 0.251 e. The van der Waals surface area contributed by atoms with E-state index in [9.17, 15) is 14.0 Å². The minimum atomic E-state index is -0.583. The van der Waals surface area contributed by atoms with E-state index in [1.54, 1.807) is 43.6 Å². The van der Waals surface area contributed by atoms with Gasteiger partial charge in [-0.2, -0.15) is 0 Å². The Labute approximate surface area is 217 Å². The summed E-state index contributed by atoms with van der Waals surface area (Å²) in [6, 6.07) is 8.46. The van der Waals surface area contributed by atoms with Gasteiger partial charge in [-0.3, -0.25) is 19.6 Å². The molecule has 37 heavy (non-hydrogen) atoms. The Morgan fingerprint density at radius 3 is 2.76 bits per heavy atom. The number of aromatic amines is 1. The molecule has 2 heterocycles. The zero-order valence-corrected chi connectivity index (χ0v) is 21.1. The molecule has 2 aromatic carbocycles. The number of fused-ring (bicyclic) bond motifs is 2. The molecule has 0 spiro atoms. The van der Waals surface area contributed by atoms with Gasteiger partial charge in [-0.15, -0.1) is 0 Å². The van der Waals surface area contributed by atoms with Crippen molar-refractivity contribution in [1.29, 1.82) is 0 Å². The summed E-state index contributed by atoms with van der Waals surface area (Å²) in [5.41, 5.74) is 9.86. The number of carbonyl (C=O) groups is 2. The van der Waals surface area contributed by atoms with E-state index < -0.39 is 17.6 Å². The molecule has 0 bridgehead atoms. The van der Waals surface area contributed by atoms with Gasteiger partial charge in [0.05, 0.1) is 16.1 Å². The zero-order chi connectivity index (χ0) is 26.7. The molecule has 0 saturated carbocycles. The quantitative estimate of drug-likeness (QED) is 0.167. The molecule has 0 aliphatic carbocycles. The largest absolute Gasteiger partial charge is 0.366 e. The number of aromatic nitrogens is 2. The van der Waals surface area contributed by atoms with Gasteiger partial charge in [0.15, 0.2) is 0 Å². The number of H-pyrrole nitrogens is 1. The molecule has 9 heteroatoms. The number of benzene rings is 2. The zero-order valence-electron chi connectivity index (χ0n) is 20.4. The highest BCUT2D eigenvalue weighted by Gasteiger charge is 2.14. The molecule has 2 amide bonds. The first kappa shape index (κ1) is 25.8. The number of halogens is 2. The van der Waals surface area contributed by atoms with Crippen LogP contribution in [-0.4, -0.2) is 28.5 Å². The lowest BCUT2D eigenvalue weighted by atomic mass is 10.00. The summed E-state index contributed by atoms with van der Waals surface area (Å²) in [4.78, 5) is 36.3. The molecule has 0 saturated heterocycles. The van der Waals surface area contributed by atoms with E-state index in [1.165, 1.54) is 6.07 Å². The van der Waals surface area contributed by atoms with Crippen molar-refractivity contribution < 1.29 is 14.0 Å². The van der Waals surface area contributed by atoms with E-state index >= 15 is 0 Å². The summed E-state index contributed by atoms with van der Waals surface area (Å²) in [7, 11) is 0. The summed E-state index contributed by atoms with van der Waals surface area (Å²) in [6.45, 7) is 7.23. The van der Waals surface area contributed by atoms with E-state index in [0.29, 0.717) is 50.3 Å². The summed E-state index contributed by atoms with van der Waals surface area (Å²) in [5.74, 6) is -1.44. The molecule has 0 unspecified atom stereocenters. The van der Waals surface area contributed by atoms with Gasteiger partial charge in [0.2, 0.25) is 0 Å². The molecule has 4 N–H and O–H groups in total. The van der Waals surface area contributed by atoms with Crippen LogP contribution in [0.4, 0.5) is 4.39 Å². The number of amides is 2. The highest BCUT2D eigenvalue weighted by atomic mass is 35.5. The van der Waals surface area contributed by atoms with Gasteiger partial charge in [0.1, 0.15) is 5.82 Å². The Balaban J connectivity index is 1.55. The average Bonchev–Trinajstić information content (AvgIpc) is 3.22. The van der Waals surface area contributed by atoms with Crippen molar-refractivity contribution in [3.8, 4) is 0 Å². The molecule has 7 nitrogen and oxygen atoms in total. The van der Waals surface area contributed by atoms with Crippen molar-refractivity contribution in [1.82, 2.24) is 15.3 Å². The molecule has 188 valence electrons. The molecule has 0 radical (unpaired) electrons. The Hall–Kier alpha value is -4.30. The van der Waals surface area contributed by atoms with Crippen LogP contribution >= 0.6 is 11.6 Å². The lowest BCUT2D eigenvalue weighted by molar-refractivity contribution is -0.117. The van der Waals surface area contributed by atoms with Crippen LogP contribution in [-0.2, 0) is 17.8 Å². The van der Waals surface area contributed by atoms with Gasteiger partial charge in [0, 0.05) is 58.5 Å². The molecule has 0 atom stereocenters. The molecular weight excluding hydrogens is 493 g/mol. The second-order valence-electron chi connectivity index (χ2n) is 8.62. The molecule has 2 aromatic heterocycles. The Kier molecular flexibility index (Phi) is 7.50. The number of nitrogens with zero attached hydrogens (tertiary/aromatic N) is 2. The van der Waals surface area contributed by atoms with Crippen LogP contribution in [0.2, 0.25) is 5.02 Å². The monoisotopic (exact) mass is 517 g/mol. The number of pyridine rings is 1. The van der Waals surface area contributed by atoms with Crippen LogP contribution in [0.25, 0.3) is 21.8 Å². The summed E-state index contributed by atoms with van der Waals surface area (Å²) in [6.07, 6.45) is 6.80. The fourth-order valence-electron chi connectivity index (χ4n) is 4.10. The van der Waals surface area contributed by atoms with Crippen LogP contribution in [0, 0.1) is 12.7 Å². The van der Waals surface area contributed by atoms with E-state index in [1.807, 2.05) is 19.1 Å². The van der Waals surface area contributed by atoms with Crippen molar-refractivity contribution in [3.05, 3.63) is 99.2 Å². The van der Waals surface area contributed by atoms with Crippen molar-refractivity contribution in [3.63, 3.8) is 0 Å². The first-order valence-corrected chi connectivity index (χ1v) is 11.8. The highest BCUT2D eigenvalue weighted by Crippen LogP contribution is 2.26. The normalized spacial score (nSPS) is 12.2. The van der Waals surface area contributed by atoms with Crippen LogP contribution in [0.5, 0.6) is 0 Å². The number of nitrogens with two attached hydrogens (primary N) is 1. The number of nitrogens with one attached hydrogen (secondary N) is 2. The van der Waals surface area contributed by atoms with E-state index in [2.05, 4.69) is 27.0 Å². The third-order valence-electron chi connectivity index (χ3n) is 5.97. The Morgan fingerprint density at radius 1 is 1.27 bits per heavy atom. The lowest BCUT2D eigenvalue weighted by Crippen LogP contribution is -2.24. The van der Waals surface area contributed by atoms with Crippen LogP contribution in [0.3, 0.4) is 0 Å². The average molecular weight is 518 g/mol. The van der Waals surface area contributed by atoms with Gasteiger partial charge in [0.25, 0.3) is 11.8 Å². The smallest absolute Gasteiger partial charge is 0.251 e.